The van der Waals surface area contributed by atoms with Crippen LogP contribution in [0.5, 0.6) is 5.88 Å². The summed E-state index contributed by atoms with van der Waals surface area (Å²) in [5.74, 6) is 1.19. The van der Waals surface area contributed by atoms with Gasteiger partial charge in [-0.2, -0.15) is 0 Å². The number of nitrogens with zero attached hydrogens (tertiary/aromatic N) is 1. The van der Waals surface area contributed by atoms with E-state index in [4.69, 9.17) is 10.5 Å². The summed E-state index contributed by atoms with van der Waals surface area (Å²) in [6.45, 7) is 9.04. The van der Waals surface area contributed by atoms with Crippen LogP contribution in [0.25, 0.3) is 0 Å². The van der Waals surface area contributed by atoms with E-state index in [1.807, 2.05) is 6.07 Å². The normalized spacial score (nSPS) is 12.8. The fraction of sp³-hybridized carbons (Fsp3) is 0.643. The van der Waals surface area contributed by atoms with Gasteiger partial charge < -0.3 is 10.5 Å². The van der Waals surface area contributed by atoms with Gasteiger partial charge in [-0.1, -0.05) is 27.2 Å². The molecule has 0 saturated carbocycles. The van der Waals surface area contributed by atoms with Crippen molar-refractivity contribution in [1.29, 1.82) is 0 Å². The molecule has 0 saturated heterocycles. The summed E-state index contributed by atoms with van der Waals surface area (Å²) in [5, 5.41) is 0. The number of pyridine rings is 1. The highest BCUT2D eigenvalue weighted by Gasteiger charge is 2.10. The topological polar surface area (TPSA) is 48.1 Å². The Morgan fingerprint density at radius 1 is 1.29 bits per heavy atom. The number of aromatic nitrogens is 1. The van der Waals surface area contributed by atoms with Gasteiger partial charge in [0.15, 0.2) is 0 Å². The summed E-state index contributed by atoms with van der Waals surface area (Å²) in [6.07, 6.45) is 2.23. The standard InChI is InChI=1S/C14H24N2O/c1-5-6-13-7-12(9-15)8-14(16-13)17-11(4)10(2)3/h7-8,10-11H,5-6,9,15H2,1-4H3. The smallest absolute Gasteiger partial charge is 0.214 e. The molecule has 0 aliphatic rings. The van der Waals surface area contributed by atoms with Crippen LogP contribution in [0.3, 0.4) is 0 Å². The van der Waals surface area contributed by atoms with Gasteiger partial charge in [-0.25, -0.2) is 4.98 Å². The number of hydrogen-bond donors (Lipinski definition) is 1. The molecule has 0 bridgehead atoms. The molecule has 96 valence electrons. The van der Waals surface area contributed by atoms with E-state index in [-0.39, 0.29) is 6.10 Å². The van der Waals surface area contributed by atoms with Crippen molar-refractivity contribution in [1.82, 2.24) is 4.98 Å². The molecule has 0 aromatic carbocycles. The first-order valence-corrected chi connectivity index (χ1v) is 6.43. The largest absolute Gasteiger partial charge is 0.474 e. The molecule has 1 rings (SSSR count). The van der Waals surface area contributed by atoms with Gasteiger partial charge in [0.2, 0.25) is 5.88 Å². The fourth-order valence-electron chi connectivity index (χ4n) is 1.51. The Labute approximate surface area is 104 Å². The Balaban J connectivity index is 2.86. The number of aryl methyl sites for hydroxylation is 1. The molecule has 0 fully saturated rings. The van der Waals surface area contributed by atoms with Crippen LogP contribution in [-0.2, 0) is 13.0 Å². The molecular weight excluding hydrogens is 212 g/mol. The van der Waals surface area contributed by atoms with E-state index in [0.29, 0.717) is 18.3 Å². The highest BCUT2D eigenvalue weighted by molar-refractivity contribution is 5.25. The van der Waals surface area contributed by atoms with Crippen LogP contribution in [0.2, 0.25) is 0 Å². The first-order chi connectivity index (χ1) is 8.06. The second-order valence-electron chi connectivity index (χ2n) is 4.83. The van der Waals surface area contributed by atoms with Crippen LogP contribution in [0.15, 0.2) is 12.1 Å². The minimum absolute atomic E-state index is 0.171. The lowest BCUT2D eigenvalue weighted by Crippen LogP contribution is -2.19. The number of rotatable bonds is 6. The van der Waals surface area contributed by atoms with Crippen LogP contribution in [0, 0.1) is 5.92 Å². The second kappa shape index (κ2) is 6.60. The SMILES string of the molecule is CCCc1cc(CN)cc(OC(C)C(C)C)n1. The van der Waals surface area contributed by atoms with E-state index >= 15 is 0 Å². The summed E-state index contributed by atoms with van der Waals surface area (Å²) in [4.78, 5) is 4.52. The van der Waals surface area contributed by atoms with Crippen LogP contribution < -0.4 is 10.5 Å². The molecule has 0 aliphatic heterocycles. The molecule has 2 N–H and O–H groups in total. The van der Waals surface area contributed by atoms with E-state index < -0.39 is 0 Å². The van der Waals surface area contributed by atoms with E-state index in [1.165, 1.54) is 0 Å². The summed E-state index contributed by atoms with van der Waals surface area (Å²) >= 11 is 0. The van der Waals surface area contributed by atoms with E-state index in [2.05, 4.69) is 38.7 Å². The summed E-state index contributed by atoms with van der Waals surface area (Å²) in [7, 11) is 0. The van der Waals surface area contributed by atoms with Crippen molar-refractivity contribution < 1.29 is 4.74 Å². The maximum atomic E-state index is 5.84. The van der Waals surface area contributed by atoms with Crippen LogP contribution >= 0.6 is 0 Å². The molecule has 1 aromatic rings. The average Bonchev–Trinajstić information content (AvgIpc) is 2.28. The highest BCUT2D eigenvalue weighted by Crippen LogP contribution is 2.17. The minimum Gasteiger partial charge on any atom is -0.474 e. The van der Waals surface area contributed by atoms with Gasteiger partial charge in [-0.3, -0.25) is 0 Å². The monoisotopic (exact) mass is 236 g/mol. The van der Waals surface area contributed by atoms with E-state index in [0.717, 1.165) is 24.1 Å². The maximum Gasteiger partial charge on any atom is 0.214 e. The average molecular weight is 236 g/mol. The third-order valence-corrected chi connectivity index (χ3v) is 2.90. The van der Waals surface area contributed by atoms with Crippen molar-refractivity contribution in [3.63, 3.8) is 0 Å². The Morgan fingerprint density at radius 3 is 2.53 bits per heavy atom. The van der Waals surface area contributed by atoms with E-state index in [9.17, 15) is 0 Å². The molecule has 3 nitrogen and oxygen atoms in total. The lowest BCUT2D eigenvalue weighted by molar-refractivity contribution is 0.163. The Bertz CT molecular complexity index is 350. The minimum atomic E-state index is 0.171. The third kappa shape index (κ3) is 4.35. The predicted octanol–water partition coefficient (Wildman–Crippen LogP) is 2.92. The van der Waals surface area contributed by atoms with Gasteiger partial charge in [0, 0.05) is 18.3 Å². The number of nitrogens with two attached hydrogens (primary N) is 1. The van der Waals surface area contributed by atoms with Crippen molar-refractivity contribution in [2.75, 3.05) is 0 Å². The molecule has 1 unspecified atom stereocenters. The third-order valence-electron chi connectivity index (χ3n) is 2.90. The zero-order valence-electron chi connectivity index (χ0n) is 11.4. The lowest BCUT2D eigenvalue weighted by Gasteiger charge is -2.18. The zero-order chi connectivity index (χ0) is 12.8. The van der Waals surface area contributed by atoms with Crippen LogP contribution in [-0.4, -0.2) is 11.1 Å². The zero-order valence-corrected chi connectivity index (χ0v) is 11.4. The molecule has 0 aliphatic carbocycles. The molecule has 0 amide bonds. The van der Waals surface area contributed by atoms with Crippen molar-refractivity contribution in [2.45, 2.75) is 53.2 Å². The predicted molar refractivity (Wildman–Crippen MR) is 71.1 cm³/mol. The highest BCUT2D eigenvalue weighted by atomic mass is 16.5. The fourth-order valence-corrected chi connectivity index (χ4v) is 1.51. The van der Waals surface area contributed by atoms with Crippen LogP contribution in [0.1, 0.15) is 45.4 Å². The molecular formula is C14H24N2O. The van der Waals surface area contributed by atoms with Gasteiger partial charge in [-0.05, 0) is 30.9 Å². The maximum absolute atomic E-state index is 5.84. The molecule has 3 heteroatoms. The van der Waals surface area contributed by atoms with E-state index in [1.54, 1.807) is 0 Å². The number of hydrogen-bond acceptors (Lipinski definition) is 3. The van der Waals surface area contributed by atoms with Gasteiger partial charge in [0.1, 0.15) is 0 Å². The first-order valence-electron chi connectivity index (χ1n) is 6.43. The Morgan fingerprint density at radius 2 is 2.00 bits per heavy atom. The Hall–Kier alpha value is -1.09. The van der Waals surface area contributed by atoms with Gasteiger partial charge in [0.25, 0.3) is 0 Å². The van der Waals surface area contributed by atoms with Crippen LogP contribution in [0.4, 0.5) is 0 Å². The lowest BCUT2D eigenvalue weighted by atomic mass is 10.1. The molecule has 0 radical (unpaired) electrons. The first kappa shape index (κ1) is 14.0. The van der Waals surface area contributed by atoms with Crippen molar-refractivity contribution in [2.24, 2.45) is 11.7 Å². The summed E-state index contributed by atoms with van der Waals surface area (Å²) < 4.78 is 5.84. The molecule has 17 heavy (non-hydrogen) atoms. The van der Waals surface area contributed by atoms with Gasteiger partial charge in [-0.15, -0.1) is 0 Å². The molecule has 1 heterocycles. The summed E-state index contributed by atoms with van der Waals surface area (Å²) in [6, 6.07) is 4.01. The quantitative estimate of drug-likeness (QED) is 0.826. The van der Waals surface area contributed by atoms with Gasteiger partial charge >= 0.3 is 0 Å². The molecule has 1 atom stereocenters. The molecule has 0 spiro atoms. The molecule has 1 aromatic heterocycles. The number of ether oxygens (including phenoxy) is 1. The van der Waals surface area contributed by atoms with Crippen molar-refractivity contribution in [3.8, 4) is 5.88 Å². The summed E-state index contributed by atoms with van der Waals surface area (Å²) in [5.41, 5.74) is 7.85. The Kier molecular flexibility index (Phi) is 5.42. The van der Waals surface area contributed by atoms with Gasteiger partial charge in [0.05, 0.1) is 6.10 Å². The second-order valence-corrected chi connectivity index (χ2v) is 4.83. The van der Waals surface area contributed by atoms with Crippen molar-refractivity contribution >= 4 is 0 Å². The van der Waals surface area contributed by atoms with Crippen molar-refractivity contribution in [3.05, 3.63) is 23.4 Å².